The zero-order chi connectivity index (χ0) is 20.2. The average molecular weight is 379 g/mol. The molecule has 0 radical (unpaired) electrons. The van der Waals surface area contributed by atoms with Gasteiger partial charge in [0.15, 0.2) is 11.9 Å². The van der Waals surface area contributed by atoms with Crippen molar-refractivity contribution in [1.29, 1.82) is 0 Å². The van der Waals surface area contributed by atoms with Crippen molar-refractivity contribution >= 4 is 11.8 Å². The largest absolute Gasteiger partial charge is 0.454 e. The number of carbonyl (C=O) groups is 2. The lowest BCUT2D eigenvalue weighted by molar-refractivity contribution is -0.155. The highest BCUT2D eigenvalue weighted by Gasteiger charge is 2.42. The van der Waals surface area contributed by atoms with Gasteiger partial charge in [-0.05, 0) is 12.3 Å². The molecule has 1 saturated carbocycles. The summed E-state index contributed by atoms with van der Waals surface area (Å²) in [7, 11) is 0. The summed E-state index contributed by atoms with van der Waals surface area (Å²) in [6.07, 6.45) is 6.05. The zero-order valence-electron chi connectivity index (χ0n) is 16.8. The molecule has 27 heavy (non-hydrogen) atoms. The molecule has 0 bridgehead atoms. The van der Waals surface area contributed by atoms with Gasteiger partial charge in [0, 0.05) is 31.6 Å². The van der Waals surface area contributed by atoms with Crippen LogP contribution in [0.5, 0.6) is 0 Å². The first-order chi connectivity index (χ1) is 12.9. The van der Waals surface area contributed by atoms with E-state index in [0.29, 0.717) is 6.42 Å². The lowest BCUT2D eigenvalue weighted by atomic mass is 9.97. The Hall–Kier alpha value is -1.64. The highest BCUT2D eigenvalue weighted by atomic mass is 16.5. The minimum atomic E-state index is -0.961. The molecule has 0 amide bonds. The average Bonchev–Trinajstić information content (AvgIpc) is 2.89. The van der Waals surface area contributed by atoms with Crippen LogP contribution < -0.4 is 0 Å². The molecule has 5 heteroatoms. The molecule has 0 aromatic rings. The predicted molar refractivity (Wildman–Crippen MR) is 105 cm³/mol. The Kier molecular flexibility index (Phi) is 11.0. The maximum absolute atomic E-state index is 12.1. The normalized spacial score (nSPS) is 24.5. The summed E-state index contributed by atoms with van der Waals surface area (Å²) in [6.45, 7) is 5.96. The molecule has 5 nitrogen and oxygen atoms in total. The molecule has 2 N–H and O–H groups in total. The Labute approximate surface area is 163 Å². The van der Waals surface area contributed by atoms with Gasteiger partial charge in [-0.2, -0.15) is 0 Å². The third-order valence-corrected chi connectivity index (χ3v) is 4.85. The molecule has 1 aliphatic carbocycles. The van der Waals surface area contributed by atoms with E-state index in [0.717, 1.165) is 32.1 Å². The van der Waals surface area contributed by atoms with Crippen LogP contribution in [0.15, 0.2) is 12.2 Å². The fourth-order valence-electron chi connectivity index (χ4n) is 3.06. The summed E-state index contributed by atoms with van der Waals surface area (Å²) < 4.78 is 5.36. The second-order valence-corrected chi connectivity index (χ2v) is 7.30. The molecular formula is C22H34O5. The van der Waals surface area contributed by atoms with Gasteiger partial charge < -0.3 is 14.9 Å². The van der Waals surface area contributed by atoms with Crippen LogP contribution in [0.4, 0.5) is 0 Å². The summed E-state index contributed by atoms with van der Waals surface area (Å²) in [6, 6.07) is 0. The van der Waals surface area contributed by atoms with Crippen LogP contribution in [0.25, 0.3) is 0 Å². The number of ketones is 1. The number of carbonyl (C=O) groups excluding carboxylic acids is 2. The second kappa shape index (κ2) is 12.7. The van der Waals surface area contributed by atoms with Gasteiger partial charge in [0.25, 0.3) is 0 Å². The molecule has 1 aliphatic rings. The van der Waals surface area contributed by atoms with E-state index in [1.807, 2.05) is 13.8 Å². The van der Waals surface area contributed by atoms with Gasteiger partial charge in [0.05, 0.1) is 12.2 Å². The van der Waals surface area contributed by atoms with Crippen LogP contribution in [-0.2, 0) is 14.3 Å². The van der Waals surface area contributed by atoms with Crippen molar-refractivity contribution in [1.82, 2.24) is 0 Å². The fourth-order valence-corrected chi connectivity index (χ4v) is 3.06. The standard InChI is InChI=1S/C22H34O5/c1-4-6-8-10-12-21(26)27-22-17(19(24)15-20(22)25)13-14-18(23)16(3)11-9-7-5-2/h13-14,16-19,22-24H,4-6,8,10-12,15H2,1-3H3/b14-13+/t16?,17-,18?,19-,22-/m1/s1. The molecule has 152 valence electrons. The first-order valence-electron chi connectivity index (χ1n) is 10.1. The first-order valence-corrected chi connectivity index (χ1v) is 10.1. The molecule has 0 aliphatic heterocycles. The van der Waals surface area contributed by atoms with Gasteiger partial charge in [-0.25, -0.2) is 0 Å². The Morgan fingerprint density at radius 1 is 1.30 bits per heavy atom. The third-order valence-electron chi connectivity index (χ3n) is 4.85. The summed E-state index contributed by atoms with van der Waals surface area (Å²) in [5, 5.41) is 20.4. The van der Waals surface area contributed by atoms with Gasteiger partial charge in [-0.15, -0.1) is 11.8 Å². The van der Waals surface area contributed by atoms with Crippen molar-refractivity contribution in [2.75, 3.05) is 0 Å². The number of rotatable bonds is 10. The number of aliphatic hydroxyl groups excluding tert-OH is 2. The van der Waals surface area contributed by atoms with Crippen molar-refractivity contribution in [3.05, 3.63) is 12.2 Å². The van der Waals surface area contributed by atoms with Gasteiger partial charge in [-0.3, -0.25) is 9.59 Å². The molecule has 0 aromatic heterocycles. The zero-order valence-corrected chi connectivity index (χ0v) is 16.8. The van der Waals surface area contributed by atoms with Crippen molar-refractivity contribution < 1.29 is 24.5 Å². The van der Waals surface area contributed by atoms with E-state index in [9.17, 15) is 19.8 Å². The molecule has 2 unspecified atom stereocenters. The Morgan fingerprint density at radius 3 is 2.70 bits per heavy atom. The number of unbranched alkanes of at least 4 members (excludes halogenated alkanes) is 3. The molecule has 5 atom stereocenters. The van der Waals surface area contributed by atoms with Gasteiger partial charge in [0.2, 0.25) is 0 Å². The number of hydrogen-bond donors (Lipinski definition) is 2. The van der Waals surface area contributed by atoms with Crippen LogP contribution in [0.3, 0.4) is 0 Å². The smallest absolute Gasteiger partial charge is 0.306 e. The van der Waals surface area contributed by atoms with Crippen molar-refractivity contribution in [2.45, 2.75) is 90.4 Å². The minimum Gasteiger partial charge on any atom is -0.454 e. The van der Waals surface area contributed by atoms with Crippen molar-refractivity contribution in [2.24, 2.45) is 11.8 Å². The monoisotopic (exact) mass is 378 g/mol. The van der Waals surface area contributed by atoms with Gasteiger partial charge in [0.1, 0.15) is 0 Å². The van der Waals surface area contributed by atoms with Crippen LogP contribution in [0.2, 0.25) is 0 Å². The number of ether oxygens (including phenoxy) is 1. The van der Waals surface area contributed by atoms with Gasteiger partial charge in [-0.1, -0.05) is 52.2 Å². The van der Waals surface area contributed by atoms with E-state index in [-0.39, 0.29) is 24.5 Å². The molecule has 0 spiro atoms. The maximum Gasteiger partial charge on any atom is 0.306 e. The third kappa shape index (κ3) is 8.28. The number of Topliss-reactive ketones (excluding diaryl/α,β-unsaturated/α-hetero) is 1. The van der Waals surface area contributed by atoms with E-state index in [1.54, 1.807) is 12.2 Å². The quantitative estimate of drug-likeness (QED) is 0.264. The van der Waals surface area contributed by atoms with Crippen LogP contribution >= 0.6 is 0 Å². The van der Waals surface area contributed by atoms with E-state index in [1.165, 1.54) is 0 Å². The molecule has 0 aromatic carbocycles. The molecule has 0 heterocycles. The van der Waals surface area contributed by atoms with E-state index in [4.69, 9.17) is 4.74 Å². The maximum atomic E-state index is 12.1. The van der Waals surface area contributed by atoms with Crippen molar-refractivity contribution in [3.63, 3.8) is 0 Å². The molecule has 0 saturated heterocycles. The van der Waals surface area contributed by atoms with Gasteiger partial charge >= 0.3 is 5.97 Å². The Balaban J connectivity index is 2.62. The molecule has 1 fully saturated rings. The molecular weight excluding hydrogens is 344 g/mol. The molecule has 1 rings (SSSR count). The topological polar surface area (TPSA) is 83.8 Å². The SMILES string of the molecule is CCC#CCC(C)C(O)/C=C/[C@@H]1[C@H](O)CC(=O)[C@@H]1OC(=O)CCCCCC. The predicted octanol–water partition coefficient (Wildman–Crippen LogP) is 3.18. The van der Waals surface area contributed by atoms with Crippen LogP contribution in [0, 0.1) is 23.7 Å². The lowest BCUT2D eigenvalue weighted by Gasteiger charge is -2.19. The van der Waals surface area contributed by atoms with E-state index < -0.39 is 30.2 Å². The van der Waals surface area contributed by atoms with E-state index >= 15 is 0 Å². The van der Waals surface area contributed by atoms with Crippen molar-refractivity contribution in [3.8, 4) is 11.8 Å². The first kappa shape index (κ1) is 23.4. The summed E-state index contributed by atoms with van der Waals surface area (Å²) in [5.74, 6) is 4.63. The van der Waals surface area contributed by atoms with Crippen LogP contribution in [-0.4, -0.2) is 40.3 Å². The second-order valence-electron chi connectivity index (χ2n) is 7.30. The summed E-state index contributed by atoms with van der Waals surface area (Å²) in [4.78, 5) is 24.1. The Morgan fingerprint density at radius 2 is 2.04 bits per heavy atom. The minimum absolute atomic E-state index is 0.0313. The number of hydrogen-bond acceptors (Lipinski definition) is 5. The van der Waals surface area contributed by atoms with Crippen LogP contribution in [0.1, 0.15) is 72.1 Å². The number of aliphatic hydroxyl groups is 2. The number of esters is 1. The summed E-state index contributed by atoms with van der Waals surface area (Å²) in [5.41, 5.74) is 0. The fraction of sp³-hybridized carbons (Fsp3) is 0.727. The van der Waals surface area contributed by atoms with E-state index in [2.05, 4.69) is 18.8 Å². The summed E-state index contributed by atoms with van der Waals surface area (Å²) >= 11 is 0. The highest BCUT2D eigenvalue weighted by molar-refractivity contribution is 5.89. The highest BCUT2D eigenvalue weighted by Crippen LogP contribution is 2.28. The lowest BCUT2D eigenvalue weighted by Crippen LogP contribution is -2.30. The Bertz CT molecular complexity index is 557.